The number of fused-ring (bicyclic) bond motifs is 1. The maximum absolute atomic E-state index is 11.8. The highest BCUT2D eigenvalue weighted by atomic mass is 32.1. The van der Waals surface area contributed by atoms with Gasteiger partial charge in [-0.15, -0.1) is 0 Å². The quantitative estimate of drug-likeness (QED) is 0.582. The van der Waals surface area contributed by atoms with Gasteiger partial charge in [-0.3, -0.25) is 15.5 Å². The van der Waals surface area contributed by atoms with Crippen LogP contribution in [-0.2, 0) is 9.53 Å². The normalized spacial score (nSPS) is 9.78. The maximum atomic E-state index is 11.8. The van der Waals surface area contributed by atoms with Crippen LogP contribution in [0.2, 0.25) is 0 Å². The first kappa shape index (κ1) is 16.5. The highest BCUT2D eigenvalue weighted by Gasteiger charge is 2.08. The molecule has 0 aliphatic carbocycles. The molecule has 120 valence electrons. The van der Waals surface area contributed by atoms with Crippen molar-refractivity contribution >= 4 is 40.1 Å². The van der Waals surface area contributed by atoms with E-state index in [0.29, 0.717) is 5.75 Å². The first-order valence-corrected chi connectivity index (χ1v) is 7.05. The van der Waals surface area contributed by atoms with Crippen LogP contribution in [-0.4, -0.2) is 30.8 Å². The van der Waals surface area contributed by atoms with Gasteiger partial charge >= 0.3 is 6.09 Å². The van der Waals surface area contributed by atoms with Gasteiger partial charge in [0.05, 0.1) is 7.11 Å². The molecule has 2 aromatic rings. The topological polar surface area (TPSA) is 88.7 Å². The van der Waals surface area contributed by atoms with Crippen LogP contribution in [0, 0.1) is 0 Å². The molecule has 8 heteroatoms. The highest BCUT2D eigenvalue weighted by molar-refractivity contribution is 7.80. The highest BCUT2D eigenvalue weighted by Crippen LogP contribution is 2.24. The second-order valence-electron chi connectivity index (χ2n) is 4.38. The van der Waals surface area contributed by atoms with Crippen LogP contribution in [0.25, 0.3) is 10.8 Å². The fraction of sp³-hybridized carbons (Fsp3) is 0.133. The zero-order chi connectivity index (χ0) is 16.7. The summed E-state index contributed by atoms with van der Waals surface area (Å²) in [5.74, 6) is 0.145. The lowest BCUT2D eigenvalue weighted by Gasteiger charge is -2.11. The molecule has 2 rings (SSSR count). The van der Waals surface area contributed by atoms with E-state index in [1.807, 2.05) is 36.4 Å². The van der Waals surface area contributed by atoms with E-state index in [4.69, 9.17) is 17.0 Å². The van der Waals surface area contributed by atoms with Gasteiger partial charge in [-0.1, -0.05) is 36.4 Å². The Labute approximate surface area is 137 Å². The van der Waals surface area contributed by atoms with Gasteiger partial charge in [0.15, 0.2) is 11.7 Å². The number of hydrogen-bond donors (Lipinski definition) is 3. The molecule has 0 aliphatic rings. The van der Waals surface area contributed by atoms with Crippen molar-refractivity contribution in [2.24, 2.45) is 0 Å². The largest absolute Gasteiger partial charge is 0.483 e. The lowest BCUT2D eigenvalue weighted by Crippen LogP contribution is -2.49. The number of methoxy groups -OCH3 is 1. The molecule has 0 bridgehead atoms. The number of rotatable bonds is 3. The van der Waals surface area contributed by atoms with Gasteiger partial charge in [0, 0.05) is 5.39 Å². The second-order valence-corrected chi connectivity index (χ2v) is 4.79. The van der Waals surface area contributed by atoms with Crippen LogP contribution < -0.4 is 20.9 Å². The summed E-state index contributed by atoms with van der Waals surface area (Å²) < 4.78 is 9.86. The van der Waals surface area contributed by atoms with E-state index in [1.54, 1.807) is 6.07 Å². The number of carbonyl (C=O) groups is 2. The third kappa shape index (κ3) is 4.82. The van der Waals surface area contributed by atoms with Gasteiger partial charge in [0.1, 0.15) is 5.75 Å². The Kier molecular flexibility index (Phi) is 5.70. The zero-order valence-corrected chi connectivity index (χ0v) is 13.1. The van der Waals surface area contributed by atoms with Crippen molar-refractivity contribution in [1.82, 2.24) is 16.2 Å². The van der Waals surface area contributed by atoms with Crippen LogP contribution in [0.4, 0.5) is 4.79 Å². The molecule has 0 aliphatic heterocycles. The van der Waals surface area contributed by atoms with E-state index >= 15 is 0 Å². The van der Waals surface area contributed by atoms with Gasteiger partial charge in [-0.05, 0) is 23.7 Å². The van der Waals surface area contributed by atoms with E-state index in [-0.39, 0.29) is 11.7 Å². The average molecular weight is 333 g/mol. The van der Waals surface area contributed by atoms with Crippen molar-refractivity contribution in [3.8, 4) is 5.75 Å². The SMILES string of the molecule is COC(=O)NNC(=S)NC(=O)COc1cccc2ccccc12. The van der Waals surface area contributed by atoms with Crippen molar-refractivity contribution in [2.75, 3.05) is 13.7 Å². The van der Waals surface area contributed by atoms with E-state index in [0.717, 1.165) is 10.8 Å². The molecule has 2 amide bonds. The number of carbonyl (C=O) groups excluding carboxylic acids is 2. The summed E-state index contributed by atoms with van der Waals surface area (Å²) in [7, 11) is 1.21. The average Bonchev–Trinajstić information content (AvgIpc) is 2.57. The summed E-state index contributed by atoms with van der Waals surface area (Å²) >= 11 is 4.84. The summed E-state index contributed by atoms with van der Waals surface area (Å²) in [5.41, 5.74) is 4.44. The third-order valence-corrected chi connectivity index (χ3v) is 3.03. The lowest BCUT2D eigenvalue weighted by atomic mass is 10.1. The number of nitrogens with one attached hydrogen (secondary N) is 3. The smallest absolute Gasteiger partial charge is 0.425 e. The Morgan fingerprint density at radius 3 is 2.61 bits per heavy atom. The molecule has 23 heavy (non-hydrogen) atoms. The zero-order valence-electron chi connectivity index (χ0n) is 12.3. The molecule has 7 nitrogen and oxygen atoms in total. The monoisotopic (exact) mass is 333 g/mol. The van der Waals surface area contributed by atoms with Gasteiger partial charge in [0.25, 0.3) is 5.91 Å². The maximum Gasteiger partial charge on any atom is 0.425 e. The first-order chi connectivity index (χ1) is 11.1. The minimum atomic E-state index is -0.728. The molecule has 2 aromatic carbocycles. The molecule has 0 unspecified atom stereocenters. The number of amides is 2. The summed E-state index contributed by atoms with van der Waals surface area (Å²) in [6.45, 7) is -0.214. The van der Waals surface area contributed by atoms with Crippen molar-refractivity contribution in [1.29, 1.82) is 0 Å². The number of ether oxygens (including phenoxy) is 2. The number of hydrazine groups is 1. The van der Waals surface area contributed by atoms with Crippen LogP contribution in [0.15, 0.2) is 42.5 Å². The standard InChI is InChI=1S/C15H15N3O4S/c1-21-15(20)18-17-14(23)16-13(19)9-22-12-8-4-6-10-5-2-3-7-11(10)12/h2-8H,9H2,1H3,(H,18,20)(H2,16,17,19,23). The van der Waals surface area contributed by atoms with E-state index < -0.39 is 12.0 Å². The Balaban J connectivity index is 1.86. The lowest BCUT2D eigenvalue weighted by molar-refractivity contribution is -0.121. The summed E-state index contributed by atoms with van der Waals surface area (Å²) in [6.07, 6.45) is -0.728. The van der Waals surface area contributed by atoms with Gasteiger partial charge in [0.2, 0.25) is 0 Å². The van der Waals surface area contributed by atoms with Gasteiger partial charge in [-0.25, -0.2) is 10.2 Å². The summed E-state index contributed by atoms with van der Waals surface area (Å²) in [4.78, 5) is 22.6. The van der Waals surface area contributed by atoms with E-state index in [9.17, 15) is 9.59 Å². The molecule has 3 N–H and O–H groups in total. The summed E-state index contributed by atoms with van der Waals surface area (Å²) in [6, 6.07) is 13.3. The molecule has 0 spiro atoms. The minimum Gasteiger partial charge on any atom is -0.483 e. The third-order valence-electron chi connectivity index (χ3n) is 2.82. The summed E-state index contributed by atoms with van der Waals surface area (Å²) in [5, 5.41) is 4.23. The van der Waals surface area contributed by atoms with E-state index in [2.05, 4.69) is 20.9 Å². The predicted molar refractivity (Wildman–Crippen MR) is 88.9 cm³/mol. The fourth-order valence-corrected chi connectivity index (χ4v) is 1.98. The Morgan fingerprint density at radius 1 is 1.09 bits per heavy atom. The second kappa shape index (κ2) is 7.95. The van der Waals surface area contributed by atoms with E-state index in [1.165, 1.54) is 7.11 Å². The molecular formula is C15H15N3O4S. The Bertz CT molecular complexity index is 730. The van der Waals surface area contributed by atoms with Gasteiger partial charge in [-0.2, -0.15) is 0 Å². The van der Waals surface area contributed by atoms with Crippen LogP contribution in [0.5, 0.6) is 5.75 Å². The molecular weight excluding hydrogens is 318 g/mol. The Morgan fingerprint density at radius 2 is 1.83 bits per heavy atom. The first-order valence-electron chi connectivity index (χ1n) is 6.64. The van der Waals surface area contributed by atoms with Gasteiger partial charge < -0.3 is 9.47 Å². The molecule has 0 saturated heterocycles. The predicted octanol–water partition coefficient (Wildman–Crippen LogP) is 1.48. The van der Waals surface area contributed by atoms with Crippen molar-refractivity contribution < 1.29 is 19.1 Å². The van der Waals surface area contributed by atoms with Crippen LogP contribution >= 0.6 is 12.2 Å². The molecule has 0 aromatic heterocycles. The van der Waals surface area contributed by atoms with Crippen LogP contribution in [0.1, 0.15) is 0 Å². The molecule has 0 fully saturated rings. The molecule has 0 heterocycles. The van der Waals surface area contributed by atoms with Crippen molar-refractivity contribution in [3.05, 3.63) is 42.5 Å². The number of hydrogen-bond acceptors (Lipinski definition) is 5. The number of thiocarbonyl (C=S) groups is 1. The van der Waals surface area contributed by atoms with Crippen molar-refractivity contribution in [2.45, 2.75) is 0 Å². The Hall–Kier alpha value is -2.87. The fourth-order valence-electron chi connectivity index (χ4n) is 1.82. The minimum absolute atomic E-state index is 0.0677. The van der Waals surface area contributed by atoms with Crippen molar-refractivity contribution in [3.63, 3.8) is 0 Å². The molecule has 0 saturated carbocycles. The molecule has 0 atom stereocenters. The number of benzene rings is 2. The van der Waals surface area contributed by atoms with Crippen LogP contribution in [0.3, 0.4) is 0 Å². The molecule has 0 radical (unpaired) electrons.